The fraction of sp³-hybridized carbons (Fsp3) is 0.273. The largest absolute Gasteiger partial charge is 0.524 e. The summed E-state index contributed by atoms with van der Waals surface area (Å²) in [6, 6.07) is 8.35. The molecule has 2 heterocycles. The summed E-state index contributed by atoms with van der Waals surface area (Å²) in [5, 5.41) is 0. The van der Waals surface area contributed by atoms with Crippen LogP contribution < -0.4 is 9.47 Å². The Kier molecular flexibility index (Phi) is 3.48. The highest BCUT2D eigenvalue weighted by Crippen LogP contribution is 2.58. The minimum atomic E-state index is -1.18. The van der Waals surface area contributed by atoms with E-state index in [1.54, 1.807) is 24.3 Å². The van der Waals surface area contributed by atoms with Crippen molar-refractivity contribution in [2.24, 2.45) is 0 Å². The lowest BCUT2D eigenvalue weighted by Crippen LogP contribution is -2.24. The van der Waals surface area contributed by atoms with Crippen LogP contribution in [-0.4, -0.2) is 24.2 Å². The first-order chi connectivity index (χ1) is 14.1. The Labute approximate surface area is 170 Å². The number of carbonyl (C=O) groups excluding carboxylic acids is 4. The summed E-state index contributed by atoms with van der Waals surface area (Å²) >= 11 is 0. The monoisotopic (exact) mass is 408 g/mol. The molecule has 0 fully saturated rings. The lowest BCUT2D eigenvalue weighted by Gasteiger charge is -2.29. The van der Waals surface area contributed by atoms with Crippen molar-refractivity contribution in [2.75, 3.05) is 0 Å². The van der Waals surface area contributed by atoms with Gasteiger partial charge >= 0.3 is 24.2 Å². The average molecular weight is 408 g/mol. The molecule has 0 bridgehead atoms. The Morgan fingerprint density at radius 2 is 1.47 bits per heavy atom. The molecule has 1 atom stereocenters. The van der Waals surface area contributed by atoms with Crippen LogP contribution in [0.2, 0.25) is 0 Å². The van der Waals surface area contributed by atoms with E-state index in [4.69, 9.17) is 14.2 Å². The highest BCUT2D eigenvalue weighted by atomic mass is 16.8. The predicted octanol–water partition coefficient (Wildman–Crippen LogP) is 4.01. The molecular weight excluding hydrogens is 392 g/mol. The van der Waals surface area contributed by atoms with E-state index in [9.17, 15) is 19.2 Å². The predicted molar refractivity (Wildman–Crippen MR) is 99.9 cm³/mol. The van der Waals surface area contributed by atoms with Gasteiger partial charge in [0, 0.05) is 11.0 Å². The van der Waals surface area contributed by atoms with Crippen molar-refractivity contribution < 1.29 is 38.1 Å². The van der Waals surface area contributed by atoms with E-state index in [2.05, 4.69) is 18.6 Å². The third-order valence-corrected chi connectivity index (χ3v) is 6.03. The first-order valence-electron chi connectivity index (χ1n) is 9.31. The number of hydrogen-bond acceptors (Lipinski definition) is 8. The minimum absolute atomic E-state index is 0.0734. The first kappa shape index (κ1) is 18.4. The molecule has 152 valence electrons. The van der Waals surface area contributed by atoms with Gasteiger partial charge in [-0.3, -0.25) is 0 Å². The van der Waals surface area contributed by atoms with Gasteiger partial charge in [-0.15, -0.1) is 0 Å². The van der Waals surface area contributed by atoms with Crippen molar-refractivity contribution in [3.05, 3.63) is 58.1 Å². The van der Waals surface area contributed by atoms with E-state index < -0.39 is 29.7 Å². The second kappa shape index (κ2) is 5.69. The van der Waals surface area contributed by atoms with E-state index in [1.807, 2.05) is 13.0 Å². The quantitative estimate of drug-likeness (QED) is 0.396. The molecule has 0 N–H and O–H groups in total. The van der Waals surface area contributed by atoms with Crippen molar-refractivity contribution >= 4 is 24.2 Å². The van der Waals surface area contributed by atoms with E-state index in [1.165, 1.54) is 0 Å². The fourth-order valence-corrected chi connectivity index (χ4v) is 4.88. The Balaban J connectivity index is 1.76. The van der Waals surface area contributed by atoms with Gasteiger partial charge in [0.25, 0.3) is 0 Å². The van der Waals surface area contributed by atoms with Gasteiger partial charge < -0.3 is 18.9 Å². The smallest absolute Gasteiger partial charge is 0.391 e. The van der Waals surface area contributed by atoms with E-state index in [0.29, 0.717) is 12.0 Å². The van der Waals surface area contributed by atoms with Crippen LogP contribution in [0, 0.1) is 0 Å². The van der Waals surface area contributed by atoms with E-state index >= 15 is 0 Å². The lowest BCUT2D eigenvalue weighted by molar-refractivity contribution is 0.0443. The normalized spacial score (nSPS) is 23.4. The molecule has 0 saturated heterocycles. The highest BCUT2D eigenvalue weighted by Gasteiger charge is 2.50. The molecule has 1 unspecified atom stereocenters. The van der Waals surface area contributed by atoms with Crippen molar-refractivity contribution in [3.63, 3.8) is 0 Å². The van der Waals surface area contributed by atoms with Crippen LogP contribution in [-0.2, 0) is 20.3 Å². The van der Waals surface area contributed by atoms with Crippen LogP contribution in [0.25, 0.3) is 0 Å². The summed E-state index contributed by atoms with van der Waals surface area (Å²) in [6.45, 7) is 6.05. The molecule has 0 saturated carbocycles. The molecule has 0 spiro atoms. The van der Waals surface area contributed by atoms with Crippen molar-refractivity contribution in [1.82, 2.24) is 0 Å². The molecule has 0 amide bonds. The third-order valence-electron chi connectivity index (χ3n) is 6.03. The maximum Gasteiger partial charge on any atom is 0.524 e. The molecule has 30 heavy (non-hydrogen) atoms. The number of carbonyl (C=O) groups is 4. The number of esters is 2. The van der Waals surface area contributed by atoms with Crippen molar-refractivity contribution in [2.45, 2.75) is 38.0 Å². The number of cyclic esters (lactones) is 4. The highest BCUT2D eigenvalue weighted by molar-refractivity contribution is 6.14. The number of ether oxygens (including phenoxy) is 4. The Morgan fingerprint density at radius 1 is 0.767 bits per heavy atom. The van der Waals surface area contributed by atoms with Gasteiger partial charge in [0.05, 0.1) is 11.1 Å². The number of hydrogen-bond donors (Lipinski definition) is 0. The fourth-order valence-electron chi connectivity index (χ4n) is 4.88. The standard InChI is InChI=1S/C22H16O8/c1-21(2)9-22(3,10-4-5-11-12(8-10)18(24)29-17(11)23)15-13(21)6-7-14-16(15)28-20(26)30-19(25)27-14/h4-8H,9H2,1-3H3. The zero-order valence-electron chi connectivity index (χ0n) is 16.4. The zero-order valence-corrected chi connectivity index (χ0v) is 16.4. The molecule has 2 aromatic rings. The summed E-state index contributed by atoms with van der Waals surface area (Å²) in [7, 11) is 0. The summed E-state index contributed by atoms with van der Waals surface area (Å²) in [6.07, 6.45) is -1.74. The third kappa shape index (κ3) is 2.39. The number of fused-ring (bicyclic) bond motifs is 4. The molecule has 5 rings (SSSR count). The van der Waals surface area contributed by atoms with E-state index in [0.717, 1.165) is 11.1 Å². The van der Waals surface area contributed by atoms with Crippen molar-refractivity contribution in [1.29, 1.82) is 0 Å². The summed E-state index contributed by atoms with van der Waals surface area (Å²) in [5.74, 6) is -1.19. The van der Waals surface area contributed by atoms with Gasteiger partial charge in [-0.25, -0.2) is 19.2 Å². The molecule has 2 aliphatic heterocycles. The van der Waals surface area contributed by atoms with Crippen LogP contribution in [0.4, 0.5) is 9.59 Å². The van der Waals surface area contributed by atoms with E-state index in [-0.39, 0.29) is 28.0 Å². The van der Waals surface area contributed by atoms with Gasteiger partial charge in [0.1, 0.15) is 0 Å². The van der Waals surface area contributed by atoms with Crippen LogP contribution >= 0.6 is 0 Å². The van der Waals surface area contributed by atoms with Crippen LogP contribution in [0.1, 0.15) is 64.6 Å². The minimum Gasteiger partial charge on any atom is -0.391 e. The Morgan fingerprint density at radius 3 is 2.23 bits per heavy atom. The number of rotatable bonds is 1. The van der Waals surface area contributed by atoms with Gasteiger partial charge in [0.2, 0.25) is 0 Å². The molecular formula is C22H16O8. The van der Waals surface area contributed by atoms with Gasteiger partial charge in [-0.1, -0.05) is 32.9 Å². The van der Waals surface area contributed by atoms with Crippen LogP contribution in [0.5, 0.6) is 11.5 Å². The summed E-state index contributed by atoms with van der Waals surface area (Å²) in [4.78, 5) is 47.5. The molecule has 2 aromatic carbocycles. The zero-order chi connectivity index (χ0) is 21.4. The molecule has 8 nitrogen and oxygen atoms in total. The molecule has 8 heteroatoms. The SMILES string of the molecule is CC1(C)CC(C)(c2ccc3c(c2)C(=O)OC3=O)c2c1ccc1c2OC(=O)OC(=O)O1. The van der Waals surface area contributed by atoms with Gasteiger partial charge in [0.15, 0.2) is 11.5 Å². The maximum absolute atomic E-state index is 12.1. The second-order valence-corrected chi connectivity index (χ2v) is 8.45. The topological polar surface area (TPSA) is 105 Å². The maximum atomic E-state index is 12.1. The van der Waals surface area contributed by atoms with Crippen LogP contribution in [0.3, 0.4) is 0 Å². The first-order valence-corrected chi connectivity index (χ1v) is 9.31. The lowest BCUT2D eigenvalue weighted by atomic mass is 9.74. The molecule has 3 aliphatic rings. The van der Waals surface area contributed by atoms with Gasteiger partial charge in [-0.2, -0.15) is 0 Å². The van der Waals surface area contributed by atoms with Gasteiger partial charge in [-0.05, 0) is 41.2 Å². The summed E-state index contributed by atoms with van der Waals surface area (Å²) in [5.41, 5.74) is 1.67. The number of benzene rings is 2. The Bertz CT molecular complexity index is 1190. The van der Waals surface area contributed by atoms with Crippen molar-refractivity contribution in [3.8, 4) is 11.5 Å². The Hall–Kier alpha value is -3.68. The summed E-state index contributed by atoms with van der Waals surface area (Å²) < 4.78 is 19.6. The second-order valence-electron chi connectivity index (χ2n) is 8.45. The molecule has 0 aromatic heterocycles. The average Bonchev–Trinajstić information content (AvgIpc) is 2.99. The molecule has 1 aliphatic carbocycles. The molecule has 0 radical (unpaired) electrons. The van der Waals surface area contributed by atoms with Crippen LogP contribution in [0.15, 0.2) is 30.3 Å².